The van der Waals surface area contributed by atoms with Crippen molar-refractivity contribution < 1.29 is 63.5 Å². The zero-order valence-electron chi connectivity index (χ0n) is 34.5. The highest BCUT2D eigenvalue weighted by atomic mass is 16.7. The summed E-state index contributed by atoms with van der Waals surface area (Å²) in [6.07, 6.45) is -9.77. The molecule has 0 aliphatic carbocycles. The number of hydrogen-bond acceptors (Lipinski definition) is 14. The van der Waals surface area contributed by atoms with Crippen LogP contribution in [0.1, 0.15) is 109 Å². The molecule has 0 aromatic carbocycles. The van der Waals surface area contributed by atoms with Crippen molar-refractivity contribution in [3.8, 4) is 0 Å². The molecule has 18 atom stereocenters. The van der Waals surface area contributed by atoms with E-state index in [1.807, 2.05) is 27.8 Å². The minimum absolute atomic E-state index is 0.0923. The molecule has 3 aliphatic heterocycles. The number of hydrogen-bond donors (Lipinski definition) is 5. The quantitative estimate of drug-likeness (QED) is 0.227. The number of Topliss-reactive ketones (excluding diaryl/α,β-unsaturated/α-hetero) is 1. The molecule has 0 amide bonds. The second kappa shape index (κ2) is 17.9. The van der Waals surface area contributed by atoms with E-state index in [0.717, 1.165) is 0 Å². The van der Waals surface area contributed by atoms with Crippen molar-refractivity contribution in [2.75, 3.05) is 14.2 Å². The molecule has 0 aromatic rings. The Morgan fingerprint density at radius 2 is 1.51 bits per heavy atom. The van der Waals surface area contributed by atoms with Crippen molar-refractivity contribution in [3.63, 3.8) is 0 Å². The number of ether oxygens (including phenoxy) is 6. The van der Waals surface area contributed by atoms with E-state index < -0.39 is 108 Å². The molecule has 0 radical (unpaired) electrons. The number of carbonyl (C=O) groups is 2. The first kappa shape index (κ1) is 46.1. The molecule has 0 aromatic heterocycles. The summed E-state index contributed by atoms with van der Waals surface area (Å²) in [5.74, 6) is -4.99. The highest BCUT2D eigenvalue weighted by molar-refractivity contribution is 5.83. The topological polar surface area (TPSA) is 194 Å². The SMILES string of the molecule is CCC1OC(=O)C(C)C(OC2CC(C)(OC)C(O)C(C)O2)C(C)C(OC2OC(C)CC(N(C)C(C)C)C2O)C(C)(O)CC(C)C(=O)C(C)C(O)C1(C)O. The number of ketones is 1. The van der Waals surface area contributed by atoms with Crippen LogP contribution in [0.15, 0.2) is 0 Å². The fourth-order valence-electron chi connectivity index (χ4n) is 8.68. The highest BCUT2D eigenvalue weighted by Gasteiger charge is 2.53. The first-order chi connectivity index (χ1) is 24.3. The van der Waals surface area contributed by atoms with Gasteiger partial charge in [-0.25, -0.2) is 0 Å². The first-order valence-corrected chi connectivity index (χ1v) is 19.5. The zero-order chi connectivity index (χ0) is 40.5. The number of aliphatic hydroxyl groups is 5. The van der Waals surface area contributed by atoms with Crippen molar-refractivity contribution in [2.45, 2.75) is 199 Å². The van der Waals surface area contributed by atoms with Crippen molar-refractivity contribution in [1.29, 1.82) is 0 Å². The molecule has 0 bridgehead atoms. The average Bonchev–Trinajstić information content (AvgIpc) is 3.08. The number of likely N-dealkylation sites (N-methyl/N-ethyl adjacent to an activating group) is 1. The normalized spacial score (nSPS) is 48.4. The summed E-state index contributed by atoms with van der Waals surface area (Å²) in [4.78, 5) is 30.1. The molecule has 5 N–H and O–H groups in total. The Hall–Kier alpha value is -1.30. The first-order valence-electron chi connectivity index (χ1n) is 19.5. The lowest BCUT2D eigenvalue weighted by atomic mass is 9.74. The average molecular weight is 762 g/mol. The van der Waals surface area contributed by atoms with Crippen LogP contribution in [0, 0.1) is 23.7 Å². The fourth-order valence-corrected chi connectivity index (χ4v) is 8.68. The molecule has 18 unspecified atom stereocenters. The molecule has 14 heteroatoms. The minimum Gasteiger partial charge on any atom is -0.459 e. The third-order valence-electron chi connectivity index (χ3n) is 12.5. The van der Waals surface area contributed by atoms with Crippen molar-refractivity contribution >= 4 is 11.8 Å². The van der Waals surface area contributed by atoms with Crippen molar-refractivity contribution in [1.82, 2.24) is 4.90 Å². The second-order valence-electron chi connectivity index (χ2n) is 17.3. The Morgan fingerprint density at radius 1 is 0.906 bits per heavy atom. The van der Waals surface area contributed by atoms with Gasteiger partial charge in [-0.1, -0.05) is 27.7 Å². The molecular formula is C39H71NO13. The van der Waals surface area contributed by atoms with Gasteiger partial charge in [-0.05, 0) is 81.7 Å². The van der Waals surface area contributed by atoms with Crippen LogP contribution in [-0.4, -0.2) is 147 Å². The fraction of sp³-hybridized carbons (Fsp3) is 0.949. The number of carbonyl (C=O) groups excluding carboxylic acids is 2. The number of cyclic esters (lactones) is 1. The Kier molecular flexibility index (Phi) is 15.5. The number of rotatable bonds is 8. The molecule has 3 rings (SSSR count). The standard InChI is InChI=1S/C39H71NO13/c1-15-27-39(12,47)32(43)22(6)29(41)20(4)17-37(10,46)34(53-36-30(42)26(16-21(5)49-36)40(13)19(2)3)23(7)31(24(8)35(45)51-27)52-28-18-38(11,48-14)33(44)25(9)50-28/h19-28,30-34,36,42-44,46-47H,15-18H2,1-14H3. The van der Waals surface area contributed by atoms with Crippen LogP contribution in [0.3, 0.4) is 0 Å². The van der Waals surface area contributed by atoms with E-state index in [-0.39, 0.29) is 37.5 Å². The van der Waals surface area contributed by atoms with Gasteiger partial charge in [-0.2, -0.15) is 0 Å². The summed E-state index contributed by atoms with van der Waals surface area (Å²) in [6, 6.07) is -0.229. The van der Waals surface area contributed by atoms with Crippen LogP contribution in [0.25, 0.3) is 0 Å². The van der Waals surface area contributed by atoms with Gasteiger partial charge in [0.05, 0.1) is 47.6 Å². The van der Waals surface area contributed by atoms with E-state index >= 15 is 0 Å². The van der Waals surface area contributed by atoms with Gasteiger partial charge in [-0.15, -0.1) is 0 Å². The predicted octanol–water partition coefficient (Wildman–Crippen LogP) is 2.56. The maximum absolute atomic E-state index is 14.1. The Balaban J connectivity index is 2.19. The van der Waals surface area contributed by atoms with Crippen LogP contribution in [-0.2, 0) is 38.0 Å². The molecular weight excluding hydrogens is 690 g/mol. The van der Waals surface area contributed by atoms with Gasteiger partial charge < -0.3 is 54.0 Å². The van der Waals surface area contributed by atoms with Gasteiger partial charge >= 0.3 is 5.97 Å². The number of nitrogens with zero attached hydrogens (tertiary/aromatic N) is 1. The maximum Gasteiger partial charge on any atom is 0.311 e. The predicted molar refractivity (Wildman–Crippen MR) is 195 cm³/mol. The molecule has 53 heavy (non-hydrogen) atoms. The van der Waals surface area contributed by atoms with Crippen LogP contribution in [0.2, 0.25) is 0 Å². The monoisotopic (exact) mass is 761 g/mol. The molecule has 3 heterocycles. The summed E-state index contributed by atoms with van der Waals surface area (Å²) < 4.78 is 37.3. The molecule has 310 valence electrons. The third-order valence-corrected chi connectivity index (χ3v) is 12.5. The van der Waals surface area contributed by atoms with Gasteiger partial charge in [0.1, 0.15) is 29.7 Å². The van der Waals surface area contributed by atoms with E-state index in [2.05, 4.69) is 4.90 Å². The Bertz CT molecular complexity index is 1220. The van der Waals surface area contributed by atoms with Crippen LogP contribution >= 0.6 is 0 Å². The van der Waals surface area contributed by atoms with E-state index in [9.17, 15) is 35.1 Å². The van der Waals surface area contributed by atoms with Gasteiger partial charge in [0, 0.05) is 43.4 Å². The molecule has 3 saturated heterocycles. The third kappa shape index (κ3) is 9.99. The van der Waals surface area contributed by atoms with Gasteiger partial charge in [0.25, 0.3) is 0 Å². The van der Waals surface area contributed by atoms with Gasteiger partial charge in [-0.3, -0.25) is 14.5 Å². The molecule has 0 saturated carbocycles. The lowest BCUT2D eigenvalue weighted by molar-refractivity contribution is -0.318. The number of methoxy groups -OCH3 is 1. The second-order valence-corrected chi connectivity index (χ2v) is 17.3. The summed E-state index contributed by atoms with van der Waals surface area (Å²) in [6.45, 7) is 20.4. The van der Waals surface area contributed by atoms with E-state index in [0.29, 0.717) is 6.42 Å². The lowest BCUT2D eigenvalue weighted by Crippen LogP contribution is -2.61. The molecule has 3 aliphatic rings. The number of aliphatic hydroxyl groups excluding tert-OH is 3. The lowest BCUT2D eigenvalue weighted by Gasteiger charge is -2.49. The van der Waals surface area contributed by atoms with Gasteiger partial charge in [0.15, 0.2) is 12.6 Å². The van der Waals surface area contributed by atoms with Crippen molar-refractivity contribution in [2.24, 2.45) is 23.7 Å². The minimum atomic E-state index is -2.00. The smallest absolute Gasteiger partial charge is 0.311 e. The highest BCUT2D eigenvalue weighted by Crippen LogP contribution is 2.41. The Labute approximate surface area is 316 Å². The molecule has 14 nitrogen and oxygen atoms in total. The Morgan fingerprint density at radius 3 is 2.06 bits per heavy atom. The largest absolute Gasteiger partial charge is 0.459 e. The summed E-state index contributed by atoms with van der Waals surface area (Å²) in [5.41, 5.74) is -4.85. The van der Waals surface area contributed by atoms with Crippen LogP contribution in [0.4, 0.5) is 0 Å². The van der Waals surface area contributed by atoms with Gasteiger partial charge in [0.2, 0.25) is 0 Å². The molecule has 0 spiro atoms. The van der Waals surface area contributed by atoms with Crippen LogP contribution in [0.5, 0.6) is 0 Å². The summed E-state index contributed by atoms with van der Waals surface area (Å²) in [7, 11) is 3.41. The molecule has 3 fully saturated rings. The maximum atomic E-state index is 14.1. The summed E-state index contributed by atoms with van der Waals surface area (Å²) >= 11 is 0. The van der Waals surface area contributed by atoms with E-state index in [1.165, 1.54) is 27.9 Å². The van der Waals surface area contributed by atoms with E-state index in [1.54, 1.807) is 41.5 Å². The summed E-state index contributed by atoms with van der Waals surface area (Å²) in [5, 5.41) is 58.1. The zero-order valence-corrected chi connectivity index (χ0v) is 34.5. The van der Waals surface area contributed by atoms with E-state index in [4.69, 9.17) is 28.4 Å². The number of esters is 1. The van der Waals surface area contributed by atoms with Crippen molar-refractivity contribution in [3.05, 3.63) is 0 Å². The van der Waals surface area contributed by atoms with Crippen LogP contribution < -0.4 is 0 Å².